The summed E-state index contributed by atoms with van der Waals surface area (Å²) in [7, 11) is 1.60. The molecule has 0 heterocycles. The highest BCUT2D eigenvalue weighted by Crippen LogP contribution is 2.32. The molecule has 26 heavy (non-hydrogen) atoms. The lowest BCUT2D eigenvalue weighted by molar-refractivity contribution is -0.00848. The Morgan fingerprint density at radius 1 is 1.15 bits per heavy atom. The topological polar surface area (TPSA) is 60.3 Å². The first-order valence-corrected chi connectivity index (χ1v) is 8.78. The van der Waals surface area contributed by atoms with Crippen molar-refractivity contribution in [3.05, 3.63) is 63.6 Å². The fraction of sp³-hybridized carbons (Fsp3) is 0.316. The Labute approximate surface area is 163 Å². The third-order valence-corrected chi connectivity index (χ3v) is 4.01. The van der Waals surface area contributed by atoms with Crippen molar-refractivity contribution in [2.24, 2.45) is 4.99 Å². The van der Waals surface area contributed by atoms with Crippen molar-refractivity contribution in [3.8, 4) is 5.75 Å². The average Bonchev–Trinajstić information content (AvgIpc) is 2.64. The number of rotatable bonds is 10. The molecular weight excluding hydrogens is 377 g/mol. The Hall–Kier alpha value is -1.63. The van der Waals surface area contributed by atoms with Gasteiger partial charge in [0, 0.05) is 23.9 Å². The number of methoxy groups -OCH3 is 1. The van der Waals surface area contributed by atoms with Gasteiger partial charge in [-0.2, -0.15) is 0 Å². The van der Waals surface area contributed by atoms with Gasteiger partial charge >= 0.3 is 0 Å². The van der Waals surface area contributed by atoms with Crippen molar-refractivity contribution in [3.63, 3.8) is 0 Å². The minimum absolute atomic E-state index is 0.0215. The summed E-state index contributed by atoms with van der Waals surface area (Å²) >= 11 is 12.3. The summed E-state index contributed by atoms with van der Waals surface area (Å²) in [6.45, 7) is 0.784. The maximum Gasteiger partial charge on any atom is 0.189 e. The molecule has 2 rings (SSSR count). The summed E-state index contributed by atoms with van der Waals surface area (Å²) in [4.78, 5) is 4.45. The summed E-state index contributed by atoms with van der Waals surface area (Å²) in [5.74, 6) is 0.419. The van der Waals surface area contributed by atoms with Crippen LogP contribution < -0.4 is 4.74 Å². The predicted octanol–water partition coefficient (Wildman–Crippen LogP) is 4.15. The normalized spacial score (nSPS) is 12.5. The van der Waals surface area contributed by atoms with Crippen LogP contribution in [0.5, 0.6) is 5.75 Å². The Balaban J connectivity index is 2.16. The van der Waals surface area contributed by atoms with Crippen LogP contribution in [0.25, 0.3) is 0 Å². The predicted molar refractivity (Wildman–Crippen MR) is 104 cm³/mol. The molecule has 1 atom stereocenters. The Morgan fingerprint density at radius 2 is 1.92 bits per heavy atom. The van der Waals surface area contributed by atoms with Gasteiger partial charge in [0.1, 0.15) is 5.75 Å². The third kappa shape index (κ3) is 6.27. The molecule has 1 N–H and O–H groups in total. The standard InChI is InChI=1S/C19H21Cl2NO4/c1-24-7-8-25-13-26-19-15(9-16(20)10-17(19)21)11-22-18(12-23)14-5-3-2-4-6-14/h2-6,9-11,18,23H,7-8,12-13H2,1H3. The van der Waals surface area contributed by atoms with Crippen LogP contribution in [0.3, 0.4) is 0 Å². The Morgan fingerprint density at radius 3 is 2.62 bits per heavy atom. The van der Waals surface area contributed by atoms with Crippen molar-refractivity contribution in [1.29, 1.82) is 0 Å². The van der Waals surface area contributed by atoms with Crippen LogP contribution in [0.2, 0.25) is 10.0 Å². The fourth-order valence-electron chi connectivity index (χ4n) is 2.21. The molecule has 0 saturated heterocycles. The van der Waals surface area contributed by atoms with Gasteiger partial charge < -0.3 is 19.3 Å². The third-order valence-electron chi connectivity index (χ3n) is 3.51. The van der Waals surface area contributed by atoms with Gasteiger partial charge in [-0.05, 0) is 17.7 Å². The van der Waals surface area contributed by atoms with Gasteiger partial charge in [-0.3, -0.25) is 4.99 Å². The number of hydrogen-bond donors (Lipinski definition) is 1. The zero-order valence-corrected chi connectivity index (χ0v) is 15.9. The summed E-state index contributed by atoms with van der Waals surface area (Å²) < 4.78 is 15.8. The highest BCUT2D eigenvalue weighted by molar-refractivity contribution is 6.36. The van der Waals surface area contributed by atoms with Crippen LogP contribution in [-0.4, -0.2) is 45.0 Å². The number of benzene rings is 2. The van der Waals surface area contributed by atoms with E-state index in [0.29, 0.717) is 34.6 Å². The molecular formula is C19H21Cl2NO4. The number of aliphatic hydroxyl groups excluding tert-OH is 1. The number of halogens is 2. The highest BCUT2D eigenvalue weighted by Gasteiger charge is 2.12. The van der Waals surface area contributed by atoms with Crippen LogP contribution >= 0.6 is 23.2 Å². The second-order valence-corrected chi connectivity index (χ2v) is 6.20. The molecule has 2 aromatic rings. The number of nitrogens with zero attached hydrogens (tertiary/aromatic N) is 1. The van der Waals surface area contributed by atoms with Crippen LogP contribution in [-0.2, 0) is 9.47 Å². The zero-order chi connectivity index (χ0) is 18.8. The summed E-state index contributed by atoms with van der Waals surface area (Å²) in [5.41, 5.74) is 1.51. The summed E-state index contributed by atoms with van der Waals surface area (Å²) in [6.07, 6.45) is 1.59. The van der Waals surface area contributed by atoms with Crippen molar-refractivity contribution in [2.45, 2.75) is 6.04 Å². The van der Waals surface area contributed by atoms with E-state index in [4.69, 9.17) is 37.4 Å². The molecule has 0 radical (unpaired) electrons. The van der Waals surface area contributed by atoms with E-state index in [-0.39, 0.29) is 19.4 Å². The van der Waals surface area contributed by atoms with Crippen LogP contribution in [0, 0.1) is 0 Å². The lowest BCUT2D eigenvalue weighted by atomic mass is 10.1. The van der Waals surface area contributed by atoms with E-state index < -0.39 is 0 Å². The Bertz CT molecular complexity index is 710. The van der Waals surface area contributed by atoms with E-state index in [1.807, 2.05) is 30.3 Å². The molecule has 140 valence electrons. The van der Waals surface area contributed by atoms with Crippen molar-refractivity contribution < 1.29 is 19.3 Å². The lowest BCUT2D eigenvalue weighted by Gasteiger charge is -2.13. The minimum Gasteiger partial charge on any atom is -0.465 e. The molecule has 0 spiro atoms. The average molecular weight is 398 g/mol. The largest absolute Gasteiger partial charge is 0.465 e. The molecule has 0 aliphatic carbocycles. The number of aliphatic hydroxyl groups is 1. The summed E-state index contributed by atoms with van der Waals surface area (Å²) in [6, 6.07) is 12.4. The maximum absolute atomic E-state index is 9.63. The van der Waals surface area contributed by atoms with Gasteiger partial charge in [-0.25, -0.2) is 0 Å². The number of hydrogen-bond acceptors (Lipinski definition) is 5. The van der Waals surface area contributed by atoms with E-state index in [1.165, 1.54) is 0 Å². The first-order chi connectivity index (χ1) is 12.7. The van der Waals surface area contributed by atoms with Crippen LogP contribution in [0.1, 0.15) is 17.2 Å². The quantitative estimate of drug-likeness (QED) is 0.371. The molecule has 0 aromatic heterocycles. The lowest BCUT2D eigenvalue weighted by Crippen LogP contribution is -2.09. The molecule has 1 unspecified atom stereocenters. The molecule has 0 aliphatic rings. The first kappa shape index (κ1) is 20.7. The smallest absolute Gasteiger partial charge is 0.189 e. The van der Waals surface area contributed by atoms with Gasteiger partial charge in [0.05, 0.1) is 30.9 Å². The van der Waals surface area contributed by atoms with E-state index >= 15 is 0 Å². The molecule has 7 heteroatoms. The van der Waals surface area contributed by atoms with Gasteiger partial charge in [0.2, 0.25) is 0 Å². The Kier molecular flexibility index (Phi) is 8.88. The summed E-state index contributed by atoms with van der Waals surface area (Å²) in [5, 5.41) is 10.4. The van der Waals surface area contributed by atoms with Gasteiger partial charge in [0.15, 0.2) is 6.79 Å². The van der Waals surface area contributed by atoms with Crippen molar-refractivity contribution in [1.82, 2.24) is 0 Å². The van der Waals surface area contributed by atoms with Crippen LogP contribution in [0.15, 0.2) is 47.5 Å². The highest BCUT2D eigenvalue weighted by atomic mass is 35.5. The number of aliphatic imine (C=N–C) groups is 1. The van der Waals surface area contributed by atoms with Gasteiger partial charge in [-0.15, -0.1) is 0 Å². The fourth-order valence-corrected chi connectivity index (χ4v) is 2.78. The second-order valence-electron chi connectivity index (χ2n) is 5.36. The van der Waals surface area contributed by atoms with Crippen molar-refractivity contribution in [2.75, 3.05) is 33.7 Å². The SMILES string of the molecule is COCCOCOc1c(Cl)cc(Cl)cc1C=NC(CO)c1ccccc1. The molecule has 0 aliphatic heterocycles. The van der Waals surface area contributed by atoms with Gasteiger partial charge in [-0.1, -0.05) is 53.5 Å². The maximum atomic E-state index is 9.63. The molecule has 0 saturated carbocycles. The van der Waals surface area contributed by atoms with Gasteiger partial charge in [0.25, 0.3) is 0 Å². The molecule has 0 bridgehead atoms. The number of ether oxygens (including phenoxy) is 3. The zero-order valence-electron chi connectivity index (χ0n) is 14.4. The van der Waals surface area contributed by atoms with Crippen molar-refractivity contribution >= 4 is 29.4 Å². The van der Waals surface area contributed by atoms with Crippen LogP contribution in [0.4, 0.5) is 0 Å². The van der Waals surface area contributed by atoms with E-state index in [2.05, 4.69) is 4.99 Å². The monoisotopic (exact) mass is 397 g/mol. The molecule has 5 nitrogen and oxygen atoms in total. The first-order valence-electron chi connectivity index (χ1n) is 8.03. The second kappa shape index (κ2) is 11.2. The molecule has 0 amide bonds. The van der Waals surface area contributed by atoms with E-state index in [9.17, 15) is 5.11 Å². The van der Waals surface area contributed by atoms with E-state index in [1.54, 1.807) is 25.5 Å². The minimum atomic E-state index is -0.389. The molecule has 2 aromatic carbocycles. The molecule has 0 fully saturated rings. The van der Waals surface area contributed by atoms with E-state index in [0.717, 1.165) is 5.56 Å².